The van der Waals surface area contributed by atoms with Gasteiger partial charge in [-0.1, -0.05) is 0 Å². The van der Waals surface area contributed by atoms with E-state index >= 15 is 0 Å². The second kappa shape index (κ2) is 5.05. The molecular weight excluding hydrogens is 313 g/mol. The van der Waals surface area contributed by atoms with E-state index in [-0.39, 0.29) is 11.9 Å². The average Bonchev–Trinajstić information content (AvgIpc) is 2.29. The van der Waals surface area contributed by atoms with Crippen LogP contribution in [0.25, 0.3) is 0 Å². The van der Waals surface area contributed by atoms with E-state index in [0.717, 1.165) is 6.07 Å². The van der Waals surface area contributed by atoms with Crippen LogP contribution < -0.4 is 4.90 Å². The highest BCUT2D eigenvalue weighted by Gasteiger charge is 2.37. The Morgan fingerprint density at radius 1 is 1.50 bits per heavy atom. The number of hydrogen-bond acceptors (Lipinski definition) is 3. The molecule has 0 unspecified atom stereocenters. The first-order valence-corrected chi connectivity index (χ1v) is 6.26. The molecule has 1 aliphatic heterocycles. The fourth-order valence-electron chi connectivity index (χ4n) is 1.91. The highest BCUT2D eigenvalue weighted by Crippen LogP contribution is 2.37. The van der Waals surface area contributed by atoms with Crippen molar-refractivity contribution in [3.8, 4) is 0 Å². The minimum absolute atomic E-state index is 0.0264. The Morgan fingerprint density at radius 3 is 2.83 bits per heavy atom. The van der Waals surface area contributed by atoms with Gasteiger partial charge in [-0.05, 0) is 28.9 Å². The van der Waals surface area contributed by atoms with Crippen molar-refractivity contribution in [1.29, 1.82) is 0 Å². The van der Waals surface area contributed by atoms with E-state index in [1.54, 1.807) is 4.90 Å². The Hall–Kier alpha value is -0.820. The van der Waals surface area contributed by atoms with E-state index in [1.807, 2.05) is 6.92 Å². The van der Waals surface area contributed by atoms with Crippen molar-refractivity contribution in [3.05, 3.63) is 22.3 Å². The third-order valence-electron chi connectivity index (χ3n) is 2.78. The lowest BCUT2D eigenvalue weighted by atomic mass is 10.2. The molecule has 0 amide bonds. The van der Waals surface area contributed by atoms with E-state index in [4.69, 9.17) is 4.74 Å². The molecule has 1 fully saturated rings. The summed E-state index contributed by atoms with van der Waals surface area (Å²) in [6.07, 6.45) is -3.03. The van der Waals surface area contributed by atoms with Gasteiger partial charge in [0.15, 0.2) is 0 Å². The van der Waals surface area contributed by atoms with Gasteiger partial charge >= 0.3 is 6.18 Å². The molecule has 0 spiro atoms. The van der Waals surface area contributed by atoms with Crippen molar-refractivity contribution in [1.82, 2.24) is 4.98 Å². The van der Waals surface area contributed by atoms with Crippen molar-refractivity contribution in [2.45, 2.75) is 19.1 Å². The monoisotopic (exact) mass is 324 g/mol. The van der Waals surface area contributed by atoms with Crippen molar-refractivity contribution >= 4 is 21.7 Å². The zero-order valence-corrected chi connectivity index (χ0v) is 11.3. The Kier molecular flexibility index (Phi) is 3.82. The number of rotatable bonds is 1. The summed E-state index contributed by atoms with van der Waals surface area (Å²) < 4.78 is 44.5. The molecule has 0 saturated carbocycles. The second-order valence-electron chi connectivity index (χ2n) is 4.14. The third-order valence-corrected chi connectivity index (χ3v) is 3.21. The Bertz CT molecular complexity index is 439. The number of nitrogens with zero attached hydrogens (tertiary/aromatic N) is 2. The highest BCUT2D eigenvalue weighted by molar-refractivity contribution is 9.10. The number of hydrogen-bond donors (Lipinski definition) is 0. The predicted octanol–water partition coefficient (Wildman–Crippen LogP) is 3.09. The molecule has 1 aromatic heterocycles. The molecule has 1 aliphatic rings. The number of halogens is 4. The number of anilines is 1. The molecule has 0 N–H and O–H groups in total. The van der Waals surface area contributed by atoms with Gasteiger partial charge in [-0.25, -0.2) is 4.98 Å². The Labute approximate surface area is 111 Å². The molecular formula is C11H12BrF3N2O. The zero-order chi connectivity index (χ0) is 13.3. The maximum atomic E-state index is 13.0. The van der Waals surface area contributed by atoms with Gasteiger partial charge in [0.1, 0.15) is 5.82 Å². The van der Waals surface area contributed by atoms with Gasteiger partial charge < -0.3 is 9.64 Å². The number of morpholine rings is 1. The molecule has 1 saturated heterocycles. The van der Waals surface area contributed by atoms with E-state index in [0.29, 0.717) is 24.2 Å². The molecule has 0 radical (unpaired) electrons. The summed E-state index contributed by atoms with van der Waals surface area (Å²) in [5.74, 6) is -0.0264. The van der Waals surface area contributed by atoms with Crippen LogP contribution in [0.5, 0.6) is 0 Å². The number of aromatic nitrogens is 1. The third kappa shape index (κ3) is 2.77. The minimum atomic E-state index is -4.41. The number of ether oxygens (including phenoxy) is 1. The topological polar surface area (TPSA) is 25.4 Å². The molecule has 2 heterocycles. The van der Waals surface area contributed by atoms with Crippen LogP contribution in [0.1, 0.15) is 12.5 Å². The van der Waals surface area contributed by atoms with Crippen molar-refractivity contribution in [2.75, 3.05) is 24.7 Å². The molecule has 18 heavy (non-hydrogen) atoms. The van der Waals surface area contributed by atoms with Crippen LogP contribution in [0.2, 0.25) is 0 Å². The molecule has 7 heteroatoms. The summed E-state index contributed by atoms with van der Waals surface area (Å²) in [6.45, 7) is 3.07. The summed E-state index contributed by atoms with van der Waals surface area (Å²) >= 11 is 3.02. The Morgan fingerprint density at radius 2 is 2.22 bits per heavy atom. The van der Waals surface area contributed by atoms with E-state index in [1.165, 1.54) is 6.20 Å². The molecule has 3 nitrogen and oxygen atoms in total. The van der Waals surface area contributed by atoms with Crippen LogP contribution >= 0.6 is 15.9 Å². The lowest BCUT2D eigenvalue weighted by molar-refractivity contribution is -0.137. The quantitative estimate of drug-likeness (QED) is 0.793. The van der Waals surface area contributed by atoms with Crippen molar-refractivity contribution in [2.24, 2.45) is 0 Å². The van der Waals surface area contributed by atoms with E-state index in [2.05, 4.69) is 20.9 Å². The molecule has 0 aromatic carbocycles. The maximum Gasteiger partial charge on any atom is 0.419 e. The van der Waals surface area contributed by atoms with Crippen LogP contribution in [-0.4, -0.2) is 30.8 Å². The maximum absolute atomic E-state index is 13.0. The normalized spacial score (nSPS) is 21.2. The molecule has 1 atom stereocenters. The Balaban J connectivity index is 2.43. The van der Waals surface area contributed by atoms with E-state index < -0.39 is 11.7 Å². The van der Waals surface area contributed by atoms with Gasteiger partial charge in [-0.15, -0.1) is 0 Å². The summed E-state index contributed by atoms with van der Waals surface area (Å²) in [5, 5.41) is 0. The van der Waals surface area contributed by atoms with E-state index in [9.17, 15) is 13.2 Å². The minimum Gasteiger partial charge on any atom is -0.377 e. The first-order valence-electron chi connectivity index (χ1n) is 5.46. The fourth-order valence-corrected chi connectivity index (χ4v) is 2.24. The second-order valence-corrected chi connectivity index (χ2v) is 5.06. The lowest BCUT2D eigenvalue weighted by Crippen LogP contribution is -2.45. The molecule has 0 aliphatic carbocycles. The highest BCUT2D eigenvalue weighted by atomic mass is 79.9. The van der Waals surface area contributed by atoms with Gasteiger partial charge in [-0.2, -0.15) is 13.2 Å². The first kappa shape index (κ1) is 13.6. The zero-order valence-electron chi connectivity index (χ0n) is 9.67. The largest absolute Gasteiger partial charge is 0.419 e. The smallest absolute Gasteiger partial charge is 0.377 e. The van der Waals surface area contributed by atoms with Gasteiger partial charge in [0, 0.05) is 17.2 Å². The van der Waals surface area contributed by atoms with Gasteiger partial charge in [0.05, 0.1) is 24.8 Å². The fraction of sp³-hybridized carbons (Fsp3) is 0.545. The lowest BCUT2D eigenvalue weighted by Gasteiger charge is -2.35. The summed E-state index contributed by atoms with van der Waals surface area (Å²) in [7, 11) is 0. The van der Waals surface area contributed by atoms with Gasteiger partial charge in [0.2, 0.25) is 0 Å². The average molecular weight is 325 g/mol. The first-order chi connectivity index (χ1) is 8.39. The number of pyridine rings is 1. The molecule has 1 aromatic rings. The van der Waals surface area contributed by atoms with Crippen LogP contribution in [0, 0.1) is 0 Å². The number of alkyl halides is 3. The summed E-state index contributed by atoms with van der Waals surface area (Å²) in [6, 6.07) is 0.943. The molecule has 2 rings (SSSR count). The van der Waals surface area contributed by atoms with Crippen molar-refractivity contribution < 1.29 is 17.9 Å². The summed E-state index contributed by atoms with van der Waals surface area (Å²) in [5.41, 5.74) is -0.717. The SMILES string of the molecule is C[C@H]1COCCN1c1ncc(Br)cc1C(F)(F)F. The van der Waals surface area contributed by atoms with Crippen LogP contribution in [-0.2, 0) is 10.9 Å². The van der Waals surface area contributed by atoms with Crippen LogP contribution in [0.4, 0.5) is 19.0 Å². The predicted molar refractivity (Wildman–Crippen MR) is 64.6 cm³/mol. The molecule has 100 valence electrons. The van der Waals surface area contributed by atoms with Gasteiger partial charge in [0.25, 0.3) is 0 Å². The summed E-state index contributed by atoms with van der Waals surface area (Å²) in [4.78, 5) is 5.56. The van der Waals surface area contributed by atoms with Crippen LogP contribution in [0.3, 0.4) is 0 Å². The van der Waals surface area contributed by atoms with Crippen molar-refractivity contribution in [3.63, 3.8) is 0 Å². The standard InChI is InChI=1S/C11H12BrF3N2O/c1-7-6-18-3-2-17(7)10-9(11(13,14)15)4-8(12)5-16-10/h4-5,7H,2-3,6H2,1H3/t7-/m0/s1. The van der Waals surface area contributed by atoms with Crippen LogP contribution in [0.15, 0.2) is 16.7 Å². The molecule has 0 bridgehead atoms. The van der Waals surface area contributed by atoms with Gasteiger partial charge in [-0.3, -0.25) is 0 Å².